The molecule has 0 aliphatic carbocycles. The Balaban J connectivity index is 2.44. The lowest BCUT2D eigenvalue weighted by atomic mass is 9.85. The van der Waals surface area contributed by atoms with Crippen LogP contribution in [0, 0.1) is 10.1 Å². The number of nitrogens with zero attached hydrogens (tertiary/aromatic N) is 1. The third-order valence-corrected chi connectivity index (χ3v) is 3.27. The Morgan fingerprint density at radius 2 is 2.19 bits per heavy atom. The average Bonchev–Trinajstić information content (AvgIpc) is 2.85. The first-order valence-electron chi connectivity index (χ1n) is 6.23. The van der Waals surface area contributed by atoms with Crippen LogP contribution in [-0.2, 0) is 14.3 Å². The van der Waals surface area contributed by atoms with Crippen LogP contribution >= 0.6 is 0 Å². The smallest absolute Gasteiger partial charge is 0.331 e. The lowest BCUT2D eigenvalue weighted by molar-refractivity contribution is -0.384. The maximum atomic E-state index is 11.6. The van der Waals surface area contributed by atoms with Gasteiger partial charge in [0.15, 0.2) is 5.78 Å². The van der Waals surface area contributed by atoms with Gasteiger partial charge in [-0.1, -0.05) is 18.7 Å². The van der Waals surface area contributed by atoms with Crippen LogP contribution in [0.3, 0.4) is 0 Å². The maximum absolute atomic E-state index is 11.6. The van der Waals surface area contributed by atoms with E-state index in [1.807, 2.05) is 0 Å². The van der Waals surface area contributed by atoms with Crippen LogP contribution in [0.1, 0.15) is 18.4 Å². The summed E-state index contributed by atoms with van der Waals surface area (Å²) in [5.74, 6) is -1.40. The number of carbonyl (C=O) groups excluding carboxylic acids is 2. The molecule has 2 rings (SSSR count). The van der Waals surface area contributed by atoms with Crippen molar-refractivity contribution in [2.45, 2.75) is 18.9 Å². The minimum absolute atomic E-state index is 0.0952. The highest BCUT2D eigenvalue weighted by molar-refractivity contribution is 5.95. The van der Waals surface area contributed by atoms with E-state index in [0.29, 0.717) is 5.56 Å². The van der Waals surface area contributed by atoms with Crippen molar-refractivity contribution in [1.29, 1.82) is 0 Å². The zero-order valence-corrected chi connectivity index (χ0v) is 11.3. The first kappa shape index (κ1) is 14.6. The SMILES string of the molecule is C=C(C(C)=O)[C@@H](c1cccc([N+](=O)[O-])c1)[C@@H]1C=CC(=O)O1. The molecule has 1 aromatic rings. The van der Waals surface area contributed by atoms with Crippen LogP contribution in [-0.4, -0.2) is 22.8 Å². The van der Waals surface area contributed by atoms with E-state index in [2.05, 4.69) is 6.58 Å². The number of cyclic esters (lactones) is 1. The highest BCUT2D eigenvalue weighted by atomic mass is 16.6. The number of ketones is 1. The average molecular weight is 287 g/mol. The topological polar surface area (TPSA) is 86.5 Å². The number of non-ortho nitro benzene ring substituents is 1. The molecule has 0 N–H and O–H groups in total. The minimum atomic E-state index is -0.684. The highest BCUT2D eigenvalue weighted by Crippen LogP contribution is 2.33. The molecule has 6 nitrogen and oxygen atoms in total. The van der Waals surface area contributed by atoms with Gasteiger partial charge in [0, 0.05) is 18.2 Å². The van der Waals surface area contributed by atoms with Gasteiger partial charge < -0.3 is 4.74 Å². The molecule has 0 saturated carbocycles. The number of nitro benzene ring substituents is 1. The summed E-state index contributed by atoms with van der Waals surface area (Å²) < 4.78 is 5.12. The summed E-state index contributed by atoms with van der Waals surface area (Å²) in [4.78, 5) is 33.2. The second-order valence-corrected chi connectivity index (χ2v) is 4.67. The quantitative estimate of drug-likeness (QED) is 0.359. The van der Waals surface area contributed by atoms with Crippen molar-refractivity contribution in [3.63, 3.8) is 0 Å². The molecule has 0 amide bonds. The molecule has 21 heavy (non-hydrogen) atoms. The summed E-state index contributed by atoms with van der Waals surface area (Å²) in [6.07, 6.45) is 2.11. The van der Waals surface area contributed by atoms with Gasteiger partial charge >= 0.3 is 5.97 Å². The normalized spacial score (nSPS) is 18.1. The van der Waals surface area contributed by atoms with Gasteiger partial charge in [0.1, 0.15) is 6.10 Å². The second-order valence-electron chi connectivity index (χ2n) is 4.67. The van der Waals surface area contributed by atoms with E-state index in [1.165, 1.54) is 37.3 Å². The Labute approximate surface area is 120 Å². The van der Waals surface area contributed by atoms with E-state index in [1.54, 1.807) is 6.07 Å². The van der Waals surface area contributed by atoms with Gasteiger partial charge in [0.05, 0.1) is 10.8 Å². The number of hydrogen-bond acceptors (Lipinski definition) is 5. The van der Waals surface area contributed by atoms with Crippen molar-refractivity contribution in [3.8, 4) is 0 Å². The monoisotopic (exact) mass is 287 g/mol. The van der Waals surface area contributed by atoms with Gasteiger partial charge in [-0.15, -0.1) is 0 Å². The summed E-state index contributed by atoms with van der Waals surface area (Å²) in [7, 11) is 0. The van der Waals surface area contributed by atoms with Crippen molar-refractivity contribution >= 4 is 17.4 Å². The van der Waals surface area contributed by atoms with E-state index in [0.717, 1.165) is 0 Å². The van der Waals surface area contributed by atoms with E-state index >= 15 is 0 Å². The molecule has 0 unspecified atom stereocenters. The van der Waals surface area contributed by atoms with E-state index in [-0.39, 0.29) is 17.0 Å². The van der Waals surface area contributed by atoms with E-state index in [9.17, 15) is 19.7 Å². The molecule has 0 bridgehead atoms. The molecule has 1 aromatic carbocycles. The van der Waals surface area contributed by atoms with E-state index < -0.39 is 22.9 Å². The molecule has 1 aliphatic heterocycles. The molecule has 0 aromatic heterocycles. The number of ether oxygens (including phenoxy) is 1. The molecule has 108 valence electrons. The predicted molar refractivity (Wildman–Crippen MR) is 74.7 cm³/mol. The molecule has 0 spiro atoms. The fourth-order valence-electron chi connectivity index (χ4n) is 2.21. The Morgan fingerprint density at radius 1 is 1.48 bits per heavy atom. The zero-order chi connectivity index (χ0) is 15.6. The Hall–Kier alpha value is -2.76. The molecule has 0 radical (unpaired) electrons. The van der Waals surface area contributed by atoms with Crippen molar-refractivity contribution in [2.75, 3.05) is 0 Å². The number of hydrogen-bond donors (Lipinski definition) is 0. The molecule has 1 aliphatic rings. The van der Waals surface area contributed by atoms with Gasteiger partial charge in [0.2, 0.25) is 0 Å². The molecular weight excluding hydrogens is 274 g/mol. The first-order valence-corrected chi connectivity index (χ1v) is 6.23. The largest absolute Gasteiger partial charge is 0.454 e. The van der Waals surface area contributed by atoms with Gasteiger partial charge in [-0.3, -0.25) is 14.9 Å². The Morgan fingerprint density at radius 3 is 2.71 bits per heavy atom. The summed E-state index contributed by atoms with van der Waals surface area (Å²) in [5.41, 5.74) is 0.649. The van der Waals surface area contributed by atoms with Gasteiger partial charge in [-0.05, 0) is 24.1 Å². The number of carbonyl (C=O) groups is 2. The number of benzene rings is 1. The maximum Gasteiger partial charge on any atom is 0.331 e. The Bertz CT molecular complexity index is 662. The summed E-state index contributed by atoms with van der Waals surface area (Å²) in [6.45, 7) is 5.08. The van der Waals surface area contributed by atoms with Crippen LogP contribution in [0.25, 0.3) is 0 Å². The van der Waals surface area contributed by atoms with Crippen LogP contribution in [0.4, 0.5) is 5.69 Å². The van der Waals surface area contributed by atoms with Crippen LogP contribution in [0.2, 0.25) is 0 Å². The molecule has 6 heteroatoms. The second kappa shape index (κ2) is 5.70. The van der Waals surface area contributed by atoms with Crippen LogP contribution < -0.4 is 0 Å². The number of esters is 1. The standard InChI is InChI=1S/C15H13NO5/c1-9(10(2)17)15(13-6-7-14(18)21-13)11-4-3-5-12(8-11)16(19)20/h3-8,13,15H,1H2,2H3/t13-,15-/m0/s1. The van der Waals surface area contributed by atoms with Gasteiger partial charge in [-0.25, -0.2) is 4.79 Å². The first-order chi connectivity index (χ1) is 9.90. The molecule has 1 heterocycles. The number of rotatable bonds is 5. The molecule has 2 atom stereocenters. The number of nitro groups is 1. The number of Topliss-reactive ketones (excluding diaryl/α,β-unsaturated/α-hetero) is 1. The van der Waals surface area contributed by atoms with E-state index in [4.69, 9.17) is 4.74 Å². The fourth-order valence-corrected chi connectivity index (χ4v) is 2.21. The summed E-state index contributed by atoms with van der Waals surface area (Å²) >= 11 is 0. The third-order valence-electron chi connectivity index (χ3n) is 3.27. The summed E-state index contributed by atoms with van der Waals surface area (Å²) in [6, 6.07) is 5.88. The highest BCUT2D eigenvalue weighted by Gasteiger charge is 2.32. The lowest BCUT2D eigenvalue weighted by Gasteiger charge is -2.23. The van der Waals surface area contributed by atoms with Crippen molar-refractivity contribution in [2.24, 2.45) is 0 Å². The molecule has 0 saturated heterocycles. The van der Waals surface area contributed by atoms with Crippen LogP contribution in [0.15, 0.2) is 48.6 Å². The third kappa shape index (κ3) is 3.05. The van der Waals surface area contributed by atoms with Crippen LogP contribution in [0.5, 0.6) is 0 Å². The lowest BCUT2D eigenvalue weighted by Crippen LogP contribution is -2.23. The van der Waals surface area contributed by atoms with Crippen molar-refractivity contribution in [1.82, 2.24) is 0 Å². The van der Waals surface area contributed by atoms with Crippen molar-refractivity contribution < 1.29 is 19.2 Å². The fraction of sp³-hybridized carbons (Fsp3) is 0.200. The van der Waals surface area contributed by atoms with Gasteiger partial charge in [0.25, 0.3) is 5.69 Å². The summed E-state index contributed by atoms with van der Waals surface area (Å²) in [5, 5.41) is 10.9. The Kier molecular flexibility index (Phi) is 3.98. The predicted octanol–water partition coefficient (Wildman–Crippen LogP) is 2.31. The van der Waals surface area contributed by atoms with Gasteiger partial charge in [-0.2, -0.15) is 0 Å². The minimum Gasteiger partial charge on any atom is -0.454 e. The van der Waals surface area contributed by atoms with Crippen molar-refractivity contribution in [3.05, 3.63) is 64.2 Å². The molecular formula is C15H13NO5. The zero-order valence-electron chi connectivity index (χ0n) is 11.3. The molecule has 0 fully saturated rings.